The Morgan fingerprint density at radius 2 is 2.00 bits per heavy atom. The van der Waals surface area contributed by atoms with Crippen LogP contribution in [0.4, 0.5) is 5.69 Å². The molecule has 2 heterocycles. The quantitative estimate of drug-likeness (QED) is 0.749. The molecule has 74 valence electrons. The van der Waals surface area contributed by atoms with Crippen molar-refractivity contribution in [2.75, 3.05) is 5.01 Å². The molecule has 0 unspecified atom stereocenters. The fourth-order valence-electron chi connectivity index (χ4n) is 1.66. The van der Waals surface area contributed by atoms with E-state index in [-0.39, 0.29) is 0 Å². The summed E-state index contributed by atoms with van der Waals surface area (Å²) in [5.41, 5.74) is 5.28. The van der Waals surface area contributed by atoms with E-state index in [0.29, 0.717) is 0 Å². The zero-order chi connectivity index (χ0) is 10.1. The van der Waals surface area contributed by atoms with E-state index in [2.05, 4.69) is 5.43 Å². The third kappa shape index (κ3) is 1.29. The molecule has 0 radical (unpaired) electrons. The van der Waals surface area contributed by atoms with Crippen LogP contribution >= 0.6 is 0 Å². The van der Waals surface area contributed by atoms with Gasteiger partial charge in [0, 0.05) is 0 Å². The Balaban J connectivity index is 1.98. The molecule has 3 heteroatoms. The van der Waals surface area contributed by atoms with Crippen molar-refractivity contribution >= 4 is 5.69 Å². The number of nitrogens with one attached hydrogen (secondary N) is 1. The standard InChI is InChI=1S/C12H10N2O/c1-2-5-10(6-3-1)14-11-7-4-8-15-12(11)9-13-14/h1-9,13H. The average molecular weight is 198 g/mol. The largest absolute Gasteiger partial charge is 0.461 e. The van der Waals surface area contributed by atoms with Gasteiger partial charge >= 0.3 is 0 Å². The van der Waals surface area contributed by atoms with Crippen molar-refractivity contribution in [3.8, 4) is 0 Å². The molecule has 0 spiro atoms. The van der Waals surface area contributed by atoms with Gasteiger partial charge < -0.3 is 4.74 Å². The Morgan fingerprint density at radius 1 is 1.13 bits per heavy atom. The summed E-state index contributed by atoms with van der Waals surface area (Å²) in [6.07, 6.45) is 7.42. The lowest BCUT2D eigenvalue weighted by atomic mass is 10.2. The molecule has 0 fully saturated rings. The third-order valence-corrected chi connectivity index (χ3v) is 2.36. The minimum absolute atomic E-state index is 0.848. The van der Waals surface area contributed by atoms with Gasteiger partial charge in [0.15, 0.2) is 5.76 Å². The van der Waals surface area contributed by atoms with Crippen molar-refractivity contribution in [3.63, 3.8) is 0 Å². The Hall–Kier alpha value is -2.16. The van der Waals surface area contributed by atoms with E-state index >= 15 is 0 Å². The molecule has 15 heavy (non-hydrogen) atoms. The van der Waals surface area contributed by atoms with E-state index in [0.717, 1.165) is 17.1 Å². The topological polar surface area (TPSA) is 24.5 Å². The van der Waals surface area contributed by atoms with Gasteiger partial charge in [0.05, 0.1) is 18.1 Å². The number of anilines is 1. The molecule has 2 aliphatic rings. The lowest BCUT2D eigenvalue weighted by Crippen LogP contribution is -2.28. The monoisotopic (exact) mass is 198 g/mol. The molecule has 0 saturated carbocycles. The summed E-state index contributed by atoms with van der Waals surface area (Å²) < 4.78 is 5.36. The average Bonchev–Trinajstić information content (AvgIpc) is 2.74. The van der Waals surface area contributed by atoms with Gasteiger partial charge in [0.1, 0.15) is 5.70 Å². The molecule has 1 aromatic rings. The first-order valence-corrected chi connectivity index (χ1v) is 4.80. The summed E-state index contributed by atoms with van der Waals surface area (Å²) >= 11 is 0. The summed E-state index contributed by atoms with van der Waals surface area (Å²) in [5.74, 6) is 0.848. The van der Waals surface area contributed by atoms with Gasteiger partial charge in [-0.2, -0.15) is 0 Å². The summed E-state index contributed by atoms with van der Waals surface area (Å²) in [5, 5.41) is 1.98. The summed E-state index contributed by atoms with van der Waals surface area (Å²) in [6, 6.07) is 10.1. The predicted octanol–water partition coefficient (Wildman–Crippen LogP) is 2.28. The van der Waals surface area contributed by atoms with Gasteiger partial charge in [-0.15, -0.1) is 0 Å². The van der Waals surface area contributed by atoms with Crippen LogP contribution in [0.1, 0.15) is 0 Å². The van der Waals surface area contributed by atoms with Gasteiger partial charge in [0.25, 0.3) is 0 Å². The van der Waals surface area contributed by atoms with Crippen LogP contribution in [0.15, 0.2) is 66.4 Å². The van der Waals surface area contributed by atoms with Crippen molar-refractivity contribution in [2.45, 2.75) is 0 Å². The molecular weight excluding hydrogens is 188 g/mol. The van der Waals surface area contributed by atoms with E-state index in [9.17, 15) is 0 Å². The summed E-state index contributed by atoms with van der Waals surface area (Å²) in [6.45, 7) is 0. The first kappa shape index (κ1) is 8.17. The number of hydrogen-bond donors (Lipinski definition) is 1. The van der Waals surface area contributed by atoms with Crippen LogP contribution in [0.25, 0.3) is 0 Å². The molecule has 1 aromatic carbocycles. The molecule has 3 nitrogen and oxygen atoms in total. The Bertz CT molecular complexity index is 460. The van der Waals surface area contributed by atoms with Crippen LogP contribution < -0.4 is 10.4 Å². The molecule has 1 N–H and O–H groups in total. The van der Waals surface area contributed by atoms with Crippen LogP contribution in [0.3, 0.4) is 0 Å². The van der Waals surface area contributed by atoms with Crippen LogP contribution in [-0.2, 0) is 4.74 Å². The van der Waals surface area contributed by atoms with Crippen molar-refractivity contribution in [2.24, 2.45) is 0 Å². The van der Waals surface area contributed by atoms with E-state index in [4.69, 9.17) is 4.74 Å². The number of benzene rings is 1. The van der Waals surface area contributed by atoms with E-state index in [1.165, 1.54) is 0 Å². The number of fused-ring (bicyclic) bond motifs is 1. The number of hydrogen-bond acceptors (Lipinski definition) is 3. The van der Waals surface area contributed by atoms with Crippen LogP contribution in [-0.4, -0.2) is 0 Å². The number of rotatable bonds is 1. The normalized spacial score (nSPS) is 17.5. The highest BCUT2D eigenvalue weighted by atomic mass is 16.5. The number of para-hydroxylation sites is 1. The van der Waals surface area contributed by atoms with Crippen LogP contribution in [0.5, 0.6) is 0 Å². The Kier molecular flexibility index (Phi) is 1.75. The van der Waals surface area contributed by atoms with E-state index in [1.807, 2.05) is 53.7 Å². The van der Waals surface area contributed by atoms with E-state index in [1.54, 1.807) is 6.26 Å². The molecule has 0 aromatic heterocycles. The second-order valence-electron chi connectivity index (χ2n) is 3.31. The molecule has 0 atom stereocenters. The number of nitrogens with zero attached hydrogens (tertiary/aromatic N) is 1. The highest BCUT2D eigenvalue weighted by molar-refractivity contribution is 5.58. The smallest absolute Gasteiger partial charge is 0.169 e. The molecule has 0 saturated heterocycles. The minimum atomic E-state index is 0.848. The third-order valence-electron chi connectivity index (χ3n) is 2.36. The SMILES string of the molecule is C1=COC2=CNN(c3ccccc3)C2=C1. The van der Waals surface area contributed by atoms with Crippen molar-refractivity contribution in [1.82, 2.24) is 5.43 Å². The van der Waals surface area contributed by atoms with Crippen molar-refractivity contribution in [3.05, 3.63) is 66.4 Å². The van der Waals surface area contributed by atoms with Gasteiger partial charge in [-0.05, 0) is 24.3 Å². The fourth-order valence-corrected chi connectivity index (χ4v) is 1.66. The zero-order valence-electron chi connectivity index (χ0n) is 8.05. The second-order valence-corrected chi connectivity index (χ2v) is 3.31. The zero-order valence-corrected chi connectivity index (χ0v) is 8.05. The van der Waals surface area contributed by atoms with Gasteiger partial charge in [-0.3, -0.25) is 10.4 Å². The van der Waals surface area contributed by atoms with Gasteiger partial charge in [0.2, 0.25) is 0 Å². The highest BCUT2D eigenvalue weighted by Crippen LogP contribution is 2.28. The molecule has 0 amide bonds. The summed E-state index contributed by atoms with van der Waals surface area (Å²) in [4.78, 5) is 0. The maximum atomic E-state index is 5.36. The first-order chi connectivity index (χ1) is 7.45. The van der Waals surface area contributed by atoms with Crippen molar-refractivity contribution in [1.29, 1.82) is 0 Å². The van der Waals surface area contributed by atoms with E-state index < -0.39 is 0 Å². The maximum Gasteiger partial charge on any atom is 0.169 e. The molecule has 0 bridgehead atoms. The number of ether oxygens (including phenoxy) is 1. The number of hydrazine groups is 1. The highest BCUT2D eigenvalue weighted by Gasteiger charge is 2.23. The Labute approximate surface area is 87.9 Å². The Morgan fingerprint density at radius 3 is 2.87 bits per heavy atom. The van der Waals surface area contributed by atoms with Crippen LogP contribution in [0.2, 0.25) is 0 Å². The molecule has 2 aliphatic heterocycles. The second kappa shape index (κ2) is 3.20. The minimum Gasteiger partial charge on any atom is -0.461 e. The lowest BCUT2D eigenvalue weighted by Gasteiger charge is -2.21. The fraction of sp³-hybridized carbons (Fsp3) is 0. The van der Waals surface area contributed by atoms with Crippen LogP contribution in [0, 0.1) is 0 Å². The van der Waals surface area contributed by atoms with Gasteiger partial charge in [-0.25, -0.2) is 0 Å². The molecule has 0 aliphatic carbocycles. The first-order valence-electron chi connectivity index (χ1n) is 4.80. The van der Waals surface area contributed by atoms with Gasteiger partial charge in [-0.1, -0.05) is 18.2 Å². The lowest BCUT2D eigenvalue weighted by molar-refractivity contribution is 0.359. The van der Waals surface area contributed by atoms with Crippen molar-refractivity contribution < 1.29 is 4.74 Å². The maximum absolute atomic E-state index is 5.36. The number of allylic oxidation sites excluding steroid dienone is 2. The molecule has 3 rings (SSSR count). The predicted molar refractivity (Wildman–Crippen MR) is 58.4 cm³/mol. The molecular formula is C12H10N2O. The summed E-state index contributed by atoms with van der Waals surface area (Å²) in [7, 11) is 0.